The lowest BCUT2D eigenvalue weighted by molar-refractivity contribution is -0.348. The lowest BCUT2D eigenvalue weighted by atomic mass is 9.94. The van der Waals surface area contributed by atoms with Gasteiger partial charge in [-0.25, -0.2) is 0 Å². The number of benzene rings is 2. The molecule has 15 nitrogen and oxygen atoms in total. The molecule has 0 bridgehead atoms. The van der Waals surface area contributed by atoms with Crippen molar-refractivity contribution < 1.29 is 74.4 Å². The van der Waals surface area contributed by atoms with E-state index in [0.717, 1.165) is 6.07 Å². The molecular weight excluding hydrogens is 576 g/mol. The highest BCUT2D eigenvalue weighted by Crippen LogP contribution is 2.44. The maximum atomic E-state index is 12.8. The molecule has 3 aliphatic rings. The van der Waals surface area contributed by atoms with Crippen LogP contribution in [0.5, 0.6) is 28.7 Å². The molecule has 2 aromatic carbocycles. The number of Topliss-reactive ketones (excluding diaryl/α,β-unsaturated/α-hetero) is 1. The van der Waals surface area contributed by atoms with Crippen molar-refractivity contribution in [3.63, 3.8) is 0 Å². The van der Waals surface area contributed by atoms with E-state index >= 15 is 0 Å². The second-order valence-corrected chi connectivity index (χ2v) is 10.9. The number of carbonyl (C=O) groups is 1. The monoisotopic (exact) mass is 610 g/mol. The minimum absolute atomic E-state index is 0.0274. The molecule has 0 spiro atoms. The minimum atomic E-state index is -1.76. The Kier molecular flexibility index (Phi) is 8.72. The molecule has 2 saturated heterocycles. The van der Waals surface area contributed by atoms with E-state index in [-0.39, 0.29) is 35.0 Å². The van der Waals surface area contributed by atoms with E-state index in [1.54, 1.807) is 13.0 Å². The summed E-state index contributed by atoms with van der Waals surface area (Å²) in [6.45, 7) is 2.33. The number of ketones is 1. The summed E-state index contributed by atoms with van der Waals surface area (Å²) < 4.78 is 28.3. The molecule has 5 rings (SSSR count). The maximum Gasteiger partial charge on any atom is 0.229 e. The van der Waals surface area contributed by atoms with Crippen molar-refractivity contribution >= 4 is 5.78 Å². The summed E-state index contributed by atoms with van der Waals surface area (Å²) in [7, 11) is 0. The van der Waals surface area contributed by atoms with Crippen molar-refractivity contribution in [2.75, 3.05) is 6.61 Å². The Morgan fingerprint density at radius 3 is 2.28 bits per heavy atom. The van der Waals surface area contributed by atoms with Gasteiger partial charge in [0.05, 0.1) is 19.1 Å². The van der Waals surface area contributed by atoms with Crippen LogP contribution in [-0.2, 0) is 14.2 Å². The highest BCUT2D eigenvalue weighted by Gasteiger charge is 2.50. The fourth-order valence-corrected chi connectivity index (χ4v) is 5.41. The second kappa shape index (κ2) is 12.0. The Labute approximate surface area is 244 Å². The highest BCUT2D eigenvalue weighted by atomic mass is 16.7. The van der Waals surface area contributed by atoms with Gasteiger partial charge in [-0.1, -0.05) is 0 Å². The summed E-state index contributed by atoms with van der Waals surface area (Å²) in [5.74, 6) is -1.69. The SMILES string of the molecule is Cc1cc(C2CC(=O)c3c(O)cc(O)cc3O2)cc(O[C@@H]2O[C@@H](C)[C@H](O[C@@H]3O[C@H](CO)[C@H](O)[C@H](O)[C@H]3O)[C@@H](O)[C@H]2O)c1O. The number of aliphatic hydroxyl groups is 6. The summed E-state index contributed by atoms with van der Waals surface area (Å²) in [6.07, 6.45) is -16.3. The number of aromatic hydroxyl groups is 3. The first-order valence-corrected chi connectivity index (χ1v) is 13.5. The van der Waals surface area contributed by atoms with Gasteiger partial charge in [0.15, 0.2) is 23.6 Å². The Bertz CT molecular complexity index is 1350. The van der Waals surface area contributed by atoms with E-state index in [1.807, 2.05) is 0 Å². The van der Waals surface area contributed by atoms with Crippen LogP contribution in [0.2, 0.25) is 0 Å². The standard InChI is InChI=1S/C28H34O15/c1-9-3-11(15-7-14(32)19-13(31)5-12(30)6-16(19)40-15)4-17(20(9)33)41-27-25(38)23(36)26(10(2)39-27)43-28-24(37)22(35)21(34)18(8-29)42-28/h3-6,10,15,18,21-31,33-38H,7-8H2,1-2H3/t10-,15?,18+,21-,22-,23-,24+,25+,26-,27-,28-/m0/s1. The number of fused-ring (bicyclic) bond motifs is 1. The molecular formula is C28H34O15. The number of phenolic OH excluding ortho intramolecular Hbond substituents is 3. The van der Waals surface area contributed by atoms with Crippen LogP contribution in [0.3, 0.4) is 0 Å². The van der Waals surface area contributed by atoms with Crippen LogP contribution >= 0.6 is 0 Å². The summed E-state index contributed by atoms with van der Waals surface area (Å²) in [6, 6.07) is 5.13. The zero-order chi connectivity index (χ0) is 31.3. The maximum absolute atomic E-state index is 12.8. The Morgan fingerprint density at radius 2 is 1.58 bits per heavy atom. The lowest BCUT2D eigenvalue weighted by Gasteiger charge is -2.45. The molecule has 9 N–H and O–H groups in total. The fraction of sp³-hybridized carbons (Fsp3) is 0.536. The predicted octanol–water partition coefficient (Wildman–Crippen LogP) is -1.15. The quantitative estimate of drug-likeness (QED) is 0.187. The molecule has 11 atom stereocenters. The number of aliphatic hydroxyl groups excluding tert-OH is 6. The number of hydrogen-bond donors (Lipinski definition) is 9. The van der Waals surface area contributed by atoms with Gasteiger partial charge in [0, 0.05) is 12.1 Å². The largest absolute Gasteiger partial charge is 0.508 e. The molecule has 0 radical (unpaired) electrons. The first kappa shape index (κ1) is 31.2. The molecule has 1 unspecified atom stereocenters. The van der Waals surface area contributed by atoms with Gasteiger partial charge in [-0.3, -0.25) is 4.79 Å². The topological polar surface area (TPSA) is 245 Å². The van der Waals surface area contributed by atoms with Crippen molar-refractivity contribution in [2.24, 2.45) is 0 Å². The molecule has 2 aromatic rings. The molecule has 0 aliphatic carbocycles. The molecule has 15 heteroatoms. The van der Waals surface area contributed by atoms with Crippen molar-refractivity contribution in [1.82, 2.24) is 0 Å². The fourth-order valence-electron chi connectivity index (χ4n) is 5.41. The molecule has 0 aromatic heterocycles. The summed E-state index contributed by atoms with van der Waals surface area (Å²) in [5.41, 5.74) is 0.633. The van der Waals surface area contributed by atoms with Gasteiger partial charge in [0.1, 0.15) is 71.6 Å². The van der Waals surface area contributed by atoms with Gasteiger partial charge in [-0.15, -0.1) is 0 Å². The minimum Gasteiger partial charge on any atom is -0.508 e. The number of carbonyl (C=O) groups excluding carboxylic acids is 1. The lowest BCUT2D eigenvalue weighted by Crippen LogP contribution is -2.64. The summed E-state index contributed by atoms with van der Waals surface area (Å²) in [4.78, 5) is 12.8. The molecule has 2 fully saturated rings. The summed E-state index contributed by atoms with van der Waals surface area (Å²) >= 11 is 0. The average molecular weight is 611 g/mol. The van der Waals surface area contributed by atoms with Crippen LogP contribution in [0.15, 0.2) is 24.3 Å². The Balaban J connectivity index is 1.32. The van der Waals surface area contributed by atoms with Crippen molar-refractivity contribution in [2.45, 2.75) is 87.8 Å². The van der Waals surface area contributed by atoms with Crippen molar-refractivity contribution in [3.05, 3.63) is 41.0 Å². The first-order chi connectivity index (χ1) is 20.3. The van der Waals surface area contributed by atoms with E-state index < -0.39 is 85.7 Å². The van der Waals surface area contributed by atoms with Gasteiger partial charge >= 0.3 is 0 Å². The summed E-state index contributed by atoms with van der Waals surface area (Å²) in [5, 5.41) is 92.0. The zero-order valence-electron chi connectivity index (χ0n) is 23.0. The predicted molar refractivity (Wildman–Crippen MR) is 141 cm³/mol. The van der Waals surface area contributed by atoms with Crippen LogP contribution in [0.4, 0.5) is 0 Å². The van der Waals surface area contributed by atoms with Crippen LogP contribution < -0.4 is 9.47 Å². The van der Waals surface area contributed by atoms with Crippen LogP contribution in [0, 0.1) is 6.92 Å². The van der Waals surface area contributed by atoms with Crippen molar-refractivity contribution in [3.8, 4) is 28.7 Å². The first-order valence-electron chi connectivity index (χ1n) is 13.5. The normalized spacial score (nSPS) is 36.1. The molecule has 43 heavy (non-hydrogen) atoms. The average Bonchev–Trinajstić information content (AvgIpc) is 2.95. The third kappa shape index (κ3) is 5.83. The number of ether oxygens (including phenoxy) is 5. The van der Waals surface area contributed by atoms with Gasteiger partial charge in [-0.2, -0.15) is 0 Å². The Hall–Kier alpha value is -3.25. The van der Waals surface area contributed by atoms with Gasteiger partial charge in [0.25, 0.3) is 0 Å². The molecule has 236 valence electrons. The number of rotatable bonds is 6. The van der Waals surface area contributed by atoms with E-state index in [1.165, 1.54) is 19.1 Å². The van der Waals surface area contributed by atoms with Gasteiger partial charge in [-0.05, 0) is 37.1 Å². The number of aryl methyl sites for hydroxylation is 1. The van der Waals surface area contributed by atoms with E-state index in [0.29, 0.717) is 11.1 Å². The molecule has 0 saturated carbocycles. The highest BCUT2D eigenvalue weighted by molar-refractivity contribution is 6.02. The van der Waals surface area contributed by atoms with E-state index in [2.05, 4.69) is 0 Å². The Morgan fingerprint density at radius 1 is 0.884 bits per heavy atom. The smallest absolute Gasteiger partial charge is 0.229 e. The zero-order valence-corrected chi connectivity index (χ0v) is 23.0. The van der Waals surface area contributed by atoms with Crippen LogP contribution in [0.1, 0.15) is 40.9 Å². The second-order valence-electron chi connectivity index (χ2n) is 10.9. The van der Waals surface area contributed by atoms with E-state index in [9.17, 15) is 50.8 Å². The third-order valence-electron chi connectivity index (χ3n) is 7.80. The number of hydrogen-bond acceptors (Lipinski definition) is 15. The van der Waals surface area contributed by atoms with Gasteiger partial charge < -0.3 is 69.6 Å². The van der Waals surface area contributed by atoms with Crippen molar-refractivity contribution in [1.29, 1.82) is 0 Å². The third-order valence-corrected chi connectivity index (χ3v) is 7.80. The number of phenols is 3. The van der Waals surface area contributed by atoms with Gasteiger partial charge in [0.2, 0.25) is 6.29 Å². The molecule has 3 aliphatic heterocycles. The van der Waals surface area contributed by atoms with E-state index in [4.69, 9.17) is 23.7 Å². The van der Waals surface area contributed by atoms with Crippen LogP contribution in [-0.4, -0.2) is 120 Å². The van der Waals surface area contributed by atoms with Crippen LogP contribution in [0.25, 0.3) is 0 Å². The molecule has 0 amide bonds. The molecule has 3 heterocycles.